The molecular weight excluding hydrogens is 416 g/mol. The Morgan fingerprint density at radius 2 is 2.09 bits per heavy atom. The van der Waals surface area contributed by atoms with Crippen LogP contribution in [0.2, 0.25) is 0 Å². The van der Waals surface area contributed by atoms with Crippen molar-refractivity contribution >= 4 is 17.8 Å². The molecule has 0 saturated carbocycles. The number of aliphatic imine (C=N–C) groups is 1. The Kier molecular flexibility index (Phi) is 6.79. The van der Waals surface area contributed by atoms with Gasteiger partial charge in [-0.05, 0) is 54.5 Å². The highest BCUT2D eigenvalue weighted by atomic mass is 16.5. The molecule has 2 aromatic carbocycles. The number of nitrogens with one attached hydrogen (secondary N) is 1. The van der Waals surface area contributed by atoms with Crippen LogP contribution < -0.4 is 11.1 Å². The number of hydrogen-bond acceptors (Lipinski definition) is 5. The molecule has 0 fully saturated rings. The fraction of sp³-hybridized carbons (Fsp3) is 0.423. The Bertz CT molecular complexity index is 1070. The Hall–Kier alpha value is -3.19. The van der Waals surface area contributed by atoms with Gasteiger partial charge in [0.2, 0.25) is 5.91 Å². The molecule has 4 rings (SSSR count). The highest BCUT2D eigenvalue weighted by Crippen LogP contribution is 2.30. The van der Waals surface area contributed by atoms with Crippen molar-refractivity contribution in [2.75, 3.05) is 13.7 Å². The largest absolute Gasteiger partial charge is 0.382 e. The van der Waals surface area contributed by atoms with Gasteiger partial charge in [0.05, 0.1) is 31.2 Å². The lowest BCUT2D eigenvalue weighted by Gasteiger charge is -2.36. The van der Waals surface area contributed by atoms with E-state index in [-0.39, 0.29) is 36.8 Å². The van der Waals surface area contributed by atoms with Crippen molar-refractivity contribution in [3.63, 3.8) is 0 Å². The third-order valence-electron chi connectivity index (χ3n) is 6.69. The van der Waals surface area contributed by atoms with E-state index in [4.69, 9.17) is 10.5 Å². The molecule has 1 aliphatic heterocycles. The number of ether oxygens (including phenoxy) is 1. The molecule has 2 atom stereocenters. The monoisotopic (exact) mass is 448 g/mol. The van der Waals surface area contributed by atoms with Gasteiger partial charge in [0.15, 0.2) is 5.96 Å². The topological polar surface area (TPSA) is 97.0 Å². The number of nitrogens with zero attached hydrogens (tertiary/aromatic N) is 2. The molecule has 0 bridgehead atoms. The van der Waals surface area contributed by atoms with Crippen molar-refractivity contribution in [1.29, 1.82) is 0 Å². The van der Waals surface area contributed by atoms with E-state index in [1.165, 1.54) is 16.0 Å². The van der Waals surface area contributed by atoms with Crippen LogP contribution in [0.4, 0.5) is 0 Å². The minimum atomic E-state index is -0.607. The van der Waals surface area contributed by atoms with Gasteiger partial charge in [-0.2, -0.15) is 0 Å². The molecule has 0 aromatic heterocycles. The van der Waals surface area contributed by atoms with Gasteiger partial charge in [-0.15, -0.1) is 0 Å². The van der Waals surface area contributed by atoms with E-state index in [0.717, 1.165) is 24.8 Å². The summed E-state index contributed by atoms with van der Waals surface area (Å²) in [6.45, 7) is 2.60. The summed E-state index contributed by atoms with van der Waals surface area (Å²) < 4.78 is 5.27. The molecule has 33 heavy (non-hydrogen) atoms. The standard InChI is InChI=1S/C26H32N4O3/c1-3-26(17-33-2)15-23(31)30(25(27)29-26)16-18-8-6-11-20(14-18)24(32)28-22-13-7-10-19-9-4-5-12-21(19)22/h4-6,8-9,11-12,14,22H,3,7,10,13,15-17H2,1-2H3,(H2,27,29)(H,28,32)/t22-,26?/m0/s1. The normalized spacial score (nSPS) is 22.5. The predicted octanol–water partition coefficient (Wildman–Crippen LogP) is 3.34. The summed E-state index contributed by atoms with van der Waals surface area (Å²) in [5.74, 6) is -0.0101. The van der Waals surface area contributed by atoms with Crippen LogP contribution in [0.15, 0.2) is 53.5 Å². The molecular formula is C26H32N4O3. The van der Waals surface area contributed by atoms with E-state index in [0.29, 0.717) is 18.6 Å². The van der Waals surface area contributed by atoms with Gasteiger partial charge < -0.3 is 15.8 Å². The van der Waals surface area contributed by atoms with Crippen LogP contribution in [0, 0.1) is 0 Å². The average Bonchev–Trinajstić information content (AvgIpc) is 2.82. The molecule has 2 aliphatic rings. The van der Waals surface area contributed by atoms with Gasteiger partial charge in [0.1, 0.15) is 0 Å². The third kappa shape index (κ3) is 4.93. The van der Waals surface area contributed by atoms with Gasteiger partial charge in [-0.1, -0.05) is 43.3 Å². The second-order valence-corrected chi connectivity index (χ2v) is 8.96. The Morgan fingerprint density at radius 3 is 2.85 bits per heavy atom. The molecule has 7 nitrogen and oxygen atoms in total. The molecule has 7 heteroatoms. The highest BCUT2D eigenvalue weighted by molar-refractivity contribution is 5.99. The van der Waals surface area contributed by atoms with Crippen LogP contribution in [-0.4, -0.2) is 41.9 Å². The number of carbonyl (C=O) groups excluding carboxylic acids is 2. The molecule has 174 valence electrons. The summed E-state index contributed by atoms with van der Waals surface area (Å²) in [4.78, 5) is 32.0. The molecule has 1 heterocycles. The molecule has 0 saturated heterocycles. The molecule has 0 radical (unpaired) electrons. The minimum Gasteiger partial charge on any atom is -0.382 e. The van der Waals surface area contributed by atoms with Crippen LogP contribution in [0.5, 0.6) is 0 Å². The zero-order valence-corrected chi connectivity index (χ0v) is 19.3. The van der Waals surface area contributed by atoms with E-state index < -0.39 is 5.54 Å². The number of methoxy groups -OCH3 is 1. The first-order valence-electron chi connectivity index (χ1n) is 11.6. The summed E-state index contributed by atoms with van der Waals surface area (Å²) >= 11 is 0. The van der Waals surface area contributed by atoms with Crippen molar-refractivity contribution in [1.82, 2.24) is 10.2 Å². The fourth-order valence-corrected chi connectivity index (χ4v) is 4.81. The molecule has 1 unspecified atom stereocenters. The smallest absolute Gasteiger partial charge is 0.251 e. The molecule has 1 aliphatic carbocycles. The van der Waals surface area contributed by atoms with Crippen LogP contribution in [0.1, 0.15) is 65.7 Å². The summed E-state index contributed by atoms with van der Waals surface area (Å²) in [6.07, 6.45) is 3.95. The van der Waals surface area contributed by atoms with E-state index >= 15 is 0 Å². The first kappa shape index (κ1) is 23.0. The number of hydrogen-bond donors (Lipinski definition) is 2. The Balaban J connectivity index is 1.48. The van der Waals surface area contributed by atoms with E-state index in [9.17, 15) is 9.59 Å². The number of rotatable bonds is 7. The number of aryl methyl sites for hydroxylation is 1. The summed E-state index contributed by atoms with van der Waals surface area (Å²) in [6, 6.07) is 15.7. The van der Waals surface area contributed by atoms with Gasteiger partial charge >= 0.3 is 0 Å². The van der Waals surface area contributed by atoms with Crippen molar-refractivity contribution in [2.24, 2.45) is 10.7 Å². The first-order chi connectivity index (χ1) is 15.9. The lowest BCUT2D eigenvalue weighted by molar-refractivity contribution is -0.130. The third-order valence-corrected chi connectivity index (χ3v) is 6.69. The maximum atomic E-state index is 13.0. The summed E-state index contributed by atoms with van der Waals surface area (Å²) in [5.41, 5.74) is 9.48. The summed E-state index contributed by atoms with van der Waals surface area (Å²) in [7, 11) is 1.60. The highest BCUT2D eigenvalue weighted by Gasteiger charge is 2.38. The number of benzene rings is 2. The van der Waals surface area contributed by atoms with Crippen LogP contribution in [-0.2, 0) is 22.5 Å². The number of carbonyl (C=O) groups is 2. The average molecular weight is 449 g/mol. The van der Waals surface area contributed by atoms with Crippen LogP contribution >= 0.6 is 0 Å². The maximum Gasteiger partial charge on any atom is 0.251 e. The fourth-order valence-electron chi connectivity index (χ4n) is 4.81. The second kappa shape index (κ2) is 9.75. The van der Waals surface area contributed by atoms with Gasteiger partial charge in [0, 0.05) is 12.7 Å². The van der Waals surface area contributed by atoms with Crippen LogP contribution in [0.25, 0.3) is 0 Å². The Labute approximate surface area is 195 Å². The van der Waals surface area contributed by atoms with E-state index in [1.54, 1.807) is 13.2 Å². The lowest BCUT2D eigenvalue weighted by atomic mass is 9.87. The van der Waals surface area contributed by atoms with Crippen molar-refractivity contribution in [3.05, 3.63) is 70.8 Å². The SMILES string of the molecule is CCC1(COC)CC(=O)N(Cc2cccc(C(=O)N[C@H]3CCCc4ccccc43)c2)C(N)=N1. The van der Waals surface area contributed by atoms with E-state index in [1.807, 2.05) is 37.3 Å². The quantitative estimate of drug-likeness (QED) is 0.679. The van der Waals surface area contributed by atoms with Gasteiger partial charge in [-0.3, -0.25) is 14.5 Å². The second-order valence-electron chi connectivity index (χ2n) is 8.96. The number of fused-ring (bicyclic) bond motifs is 1. The number of amides is 2. The minimum absolute atomic E-state index is 0.0144. The maximum absolute atomic E-state index is 13.0. The zero-order chi connectivity index (χ0) is 23.4. The van der Waals surface area contributed by atoms with Gasteiger partial charge in [0.25, 0.3) is 5.91 Å². The van der Waals surface area contributed by atoms with Crippen LogP contribution in [0.3, 0.4) is 0 Å². The summed E-state index contributed by atoms with van der Waals surface area (Å²) in [5, 5.41) is 3.19. The number of nitrogens with two attached hydrogens (primary N) is 1. The van der Waals surface area contributed by atoms with Gasteiger partial charge in [-0.25, -0.2) is 4.99 Å². The van der Waals surface area contributed by atoms with Crippen molar-refractivity contribution in [2.45, 2.75) is 57.2 Å². The molecule has 3 N–H and O–H groups in total. The van der Waals surface area contributed by atoms with Crippen molar-refractivity contribution < 1.29 is 14.3 Å². The number of guanidine groups is 1. The molecule has 2 amide bonds. The predicted molar refractivity (Wildman–Crippen MR) is 128 cm³/mol. The van der Waals surface area contributed by atoms with Crippen molar-refractivity contribution in [3.8, 4) is 0 Å². The lowest BCUT2D eigenvalue weighted by Crippen LogP contribution is -2.52. The molecule has 0 spiro atoms. The first-order valence-corrected chi connectivity index (χ1v) is 11.6. The van der Waals surface area contributed by atoms with E-state index in [2.05, 4.69) is 22.4 Å². The zero-order valence-electron chi connectivity index (χ0n) is 19.3. The Morgan fingerprint density at radius 1 is 1.27 bits per heavy atom. The molecule has 2 aromatic rings.